The number of amides is 1. The maximum atomic E-state index is 12.6. The van der Waals surface area contributed by atoms with Gasteiger partial charge in [-0.15, -0.1) is 0 Å². The average Bonchev–Trinajstić information content (AvgIpc) is 3.14. The van der Waals surface area contributed by atoms with Gasteiger partial charge in [-0.25, -0.2) is 9.50 Å². The molecule has 0 aliphatic rings. The lowest BCUT2D eigenvalue weighted by Crippen LogP contribution is -2.27. The molecule has 0 aliphatic carbocycles. The van der Waals surface area contributed by atoms with Crippen LogP contribution in [0.2, 0.25) is 0 Å². The highest BCUT2D eigenvalue weighted by Crippen LogP contribution is 2.14. The standard InChI is InChI=1S/C21H27N5O/c1-4-25(5-2)14-17-12-22-20-19(13-24-26(20)15-17)21(27)23-11-16(3)18-9-7-6-8-10-18/h6-10,12-13,15-16H,4-5,11,14H2,1-3H3,(H,23,27)/t16-/m1/s1. The first-order chi connectivity index (χ1) is 13.1. The minimum absolute atomic E-state index is 0.142. The summed E-state index contributed by atoms with van der Waals surface area (Å²) in [5.41, 5.74) is 3.38. The Kier molecular flexibility index (Phi) is 6.19. The van der Waals surface area contributed by atoms with Crippen LogP contribution in [0.4, 0.5) is 0 Å². The molecule has 2 aromatic heterocycles. The second-order valence-corrected chi connectivity index (χ2v) is 6.77. The number of hydrogen-bond donors (Lipinski definition) is 1. The maximum absolute atomic E-state index is 12.6. The average molecular weight is 365 g/mol. The number of fused-ring (bicyclic) bond motifs is 1. The number of carbonyl (C=O) groups is 1. The number of hydrogen-bond acceptors (Lipinski definition) is 4. The van der Waals surface area contributed by atoms with Gasteiger partial charge in [-0.05, 0) is 24.6 Å². The molecule has 0 aliphatic heterocycles. The summed E-state index contributed by atoms with van der Waals surface area (Å²) in [7, 11) is 0. The van der Waals surface area contributed by atoms with Crippen LogP contribution in [-0.4, -0.2) is 45.0 Å². The molecule has 0 saturated carbocycles. The van der Waals surface area contributed by atoms with E-state index in [0.717, 1.165) is 25.2 Å². The smallest absolute Gasteiger partial charge is 0.256 e. The van der Waals surface area contributed by atoms with Crippen LogP contribution in [0.25, 0.3) is 5.65 Å². The predicted molar refractivity (Wildman–Crippen MR) is 107 cm³/mol. The number of carbonyl (C=O) groups excluding carboxylic acids is 1. The highest BCUT2D eigenvalue weighted by Gasteiger charge is 2.16. The van der Waals surface area contributed by atoms with E-state index in [1.54, 1.807) is 10.7 Å². The third-order valence-corrected chi connectivity index (χ3v) is 4.89. The minimum Gasteiger partial charge on any atom is -0.351 e. The lowest BCUT2D eigenvalue weighted by molar-refractivity contribution is 0.0953. The predicted octanol–water partition coefficient (Wildman–Crippen LogP) is 3.10. The van der Waals surface area contributed by atoms with Crippen molar-refractivity contribution in [1.29, 1.82) is 0 Å². The number of nitrogens with zero attached hydrogens (tertiary/aromatic N) is 4. The molecule has 0 saturated heterocycles. The van der Waals surface area contributed by atoms with Gasteiger partial charge in [0, 0.05) is 31.0 Å². The summed E-state index contributed by atoms with van der Waals surface area (Å²) in [5, 5.41) is 7.32. The Morgan fingerprint density at radius 1 is 1.19 bits per heavy atom. The van der Waals surface area contributed by atoms with E-state index in [0.29, 0.717) is 17.8 Å². The van der Waals surface area contributed by atoms with Gasteiger partial charge < -0.3 is 5.32 Å². The fourth-order valence-electron chi connectivity index (χ4n) is 3.10. The highest BCUT2D eigenvalue weighted by molar-refractivity contribution is 5.99. The molecule has 1 N–H and O–H groups in total. The lowest BCUT2D eigenvalue weighted by Gasteiger charge is -2.17. The van der Waals surface area contributed by atoms with Crippen LogP contribution in [0.1, 0.15) is 48.2 Å². The summed E-state index contributed by atoms with van der Waals surface area (Å²) in [6, 6.07) is 10.2. The molecule has 0 bridgehead atoms. The van der Waals surface area contributed by atoms with Crippen LogP contribution in [0.15, 0.2) is 48.9 Å². The Morgan fingerprint density at radius 3 is 2.63 bits per heavy atom. The van der Waals surface area contributed by atoms with Crippen LogP contribution in [0, 0.1) is 0 Å². The van der Waals surface area contributed by atoms with Crippen molar-refractivity contribution >= 4 is 11.6 Å². The minimum atomic E-state index is -0.142. The third kappa shape index (κ3) is 4.52. The normalized spacial score (nSPS) is 12.4. The van der Waals surface area contributed by atoms with E-state index in [1.165, 1.54) is 5.56 Å². The molecule has 1 aromatic carbocycles. The zero-order valence-electron chi connectivity index (χ0n) is 16.2. The monoisotopic (exact) mass is 365 g/mol. The molecular weight excluding hydrogens is 338 g/mol. The van der Waals surface area contributed by atoms with Gasteiger partial charge >= 0.3 is 0 Å². The van der Waals surface area contributed by atoms with Crippen molar-refractivity contribution in [2.24, 2.45) is 0 Å². The van der Waals surface area contributed by atoms with E-state index in [-0.39, 0.29) is 11.8 Å². The van der Waals surface area contributed by atoms with Crippen LogP contribution in [0.3, 0.4) is 0 Å². The van der Waals surface area contributed by atoms with Crippen molar-refractivity contribution in [1.82, 2.24) is 24.8 Å². The molecular formula is C21H27N5O. The number of rotatable bonds is 8. The molecule has 6 heteroatoms. The van der Waals surface area contributed by atoms with Crippen LogP contribution in [-0.2, 0) is 6.54 Å². The first kappa shape index (κ1) is 19.0. The van der Waals surface area contributed by atoms with Crippen LogP contribution in [0.5, 0.6) is 0 Å². The van der Waals surface area contributed by atoms with E-state index in [9.17, 15) is 4.79 Å². The zero-order valence-corrected chi connectivity index (χ0v) is 16.2. The second kappa shape index (κ2) is 8.77. The van der Waals surface area contributed by atoms with E-state index < -0.39 is 0 Å². The molecule has 0 fully saturated rings. The fourth-order valence-corrected chi connectivity index (χ4v) is 3.10. The largest absolute Gasteiger partial charge is 0.351 e. The van der Waals surface area contributed by atoms with Gasteiger partial charge in [0.2, 0.25) is 0 Å². The summed E-state index contributed by atoms with van der Waals surface area (Å²) >= 11 is 0. The Labute approximate surface area is 160 Å². The number of aromatic nitrogens is 3. The van der Waals surface area contributed by atoms with Crippen molar-refractivity contribution in [2.45, 2.75) is 33.2 Å². The van der Waals surface area contributed by atoms with Crippen LogP contribution >= 0.6 is 0 Å². The zero-order chi connectivity index (χ0) is 19.2. The third-order valence-electron chi connectivity index (χ3n) is 4.89. The molecule has 3 aromatic rings. The summed E-state index contributed by atoms with van der Waals surface area (Å²) in [6.45, 7) is 9.75. The molecule has 3 rings (SSSR count). The summed E-state index contributed by atoms with van der Waals surface area (Å²) < 4.78 is 1.69. The fraction of sp³-hybridized carbons (Fsp3) is 0.381. The van der Waals surface area contributed by atoms with Gasteiger partial charge in [0.05, 0.1) is 6.20 Å². The van der Waals surface area contributed by atoms with Gasteiger partial charge in [0.25, 0.3) is 5.91 Å². The van der Waals surface area contributed by atoms with Gasteiger partial charge in [-0.3, -0.25) is 9.69 Å². The van der Waals surface area contributed by atoms with Gasteiger partial charge in [0.15, 0.2) is 5.65 Å². The second-order valence-electron chi connectivity index (χ2n) is 6.77. The number of nitrogens with one attached hydrogen (secondary N) is 1. The molecule has 1 atom stereocenters. The molecule has 1 amide bonds. The summed E-state index contributed by atoms with van der Waals surface area (Å²) in [4.78, 5) is 19.4. The first-order valence-electron chi connectivity index (χ1n) is 9.50. The van der Waals surface area contributed by atoms with Gasteiger partial charge in [-0.1, -0.05) is 51.1 Å². The van der Waals surface area contributed by atoms with Crippen LogP contribution < -0.4 is 5.32 Å². The van der Waals surface area contributed by atoms with Crippen molar-refractivity contribution in [3.63, 3.8) is 0 Å². The summed E-state index contributed by atoms with van der Waals surface area (Å²) in [5.74, 6) is 0.0994. The molecule has 6 nitrogen and oxygen atoms in total. The Bertz CT molecular complexity index is 886. The SMILES string of the molecule is CCN(CC)Cc1cnc2c(C(=O)NC[C@@H](C)c3ccccc3)cnn2c1. The molecule has 2 heterocycles. The molecule has 0 radical (unpaired) electrons. The Hall–Kier alpha value is -2.73. The summed E-state index contributed by atoms with van der Waals surface area (Å²) in [6.07, 6.45) is 5.37. The Balaban J connectivity index is 1.68. The quantitative estimate of drug-likeness (QED) is 0.666. The van der Waals surface area contributed by atoms with E-state index >= 15 is 0 Å². The molecule has 0 spiro atoms. The molecule has 142 valence electrons. The first-order valence-corrected chi connectivity index (χ1v) is 9.50. The highest BCUT2D eigenvalue weighted by atomic mass is 16.1. The van der Waals surface area contributed by atoms with Crippen molar-refractivity contribution in [3.05, 3.63) is 65.6 Å². The molecule has 0 unspecified atom stereocenters. The molecule has 27 heavy (non-hydrogen) atoms. The van der Waals surface area contributed by atoms with Crippen molar-refractivity contribution in [2.75, 3.05) is 19.6 Å². The van der Waals surface area contributed by atoms with Crippen molar-refractivity contribution in [3.8, 4) is 0 Å². The van der Waals surface area contributed by atoms with E-state index in [4.69, 9.17) is 0 Å². The topological polar surface area (TPSA) is 62.5 Å². The Morgan fingerprint density at radius 2 is 1.93 bits per heavy atom. The van der Waals surface area contributed by atoms with Crippen molar-refractivity contribution < 1.29 is 4.79 Å². The number of benzene rings is 1. The van der Waals surface area contributed by atoms with Gasteiger partial charge in [-0.2, -0.15) is 5.10 Å². The maximum Gasteiger partial charge on any atom is 0.256 e. The lowest BCUT2D eigenvalue weighted by atomic mass is 10.0. The van der Waals surface area contributed by atoms with E-state index in [2.05, 4.69) is 53.2 Å². The van der Waals surface area contributed by atoms with E-state index in [1.807, 2.05) is 30.6 Å². The van der Waals surface area contributed by atoms with Gasteiger partial charge in [0.1, 0.15) is 5.56 Å².